The van der Waals surface area contributed by atoms with Crippen molar-refractivity contribution in [2.75, 3.05) is 20.7 Å². The van der Waals surface area contributed by atoms with Gasteiger partial charge in [0, 0.05) is 13.1 Å². The normalized spacial score (nSPS) is 12.5. The molecule has 0 saturated heterocycles. The Kier molecular flexibility index (Phi) is 5.58. The minimum absolute atomic E-state index is 0.251. The zero-order valence-electron chi connectivity index (χ0n) is 9.82. The van der Waals surface area contributed by atoms with Gasteiger partial charge in [-0.05, 0) is 24.7 Å². The Morgan fingerprint density at radius 2 is 2.29 bits per heavy atom. The Bertz CT molecular complexity index is 387. The third kappa shape index (κ3) is 4.83. The van der Waals surface area contributed by atoms with Crippen LogP contribution >= 0.6 is 15.9 Å². The lowest BCUT2D eigenvalue weighted by Crippen LogP contribution is -2.31. The summed E-state index contributed by atoms with van der Waals surface area (Å²) >= 11 is 3.24. The maximum absolute atomic E-state index is 13.0. The number of halogens is 2. The molecule has 0 bridgehead atoms. The summed E-state index contributed by atoms with van der Waals surface area (Å²) in [6.07, 6.45) is 0. The fraction of sp³-hybridized carbons (Fsp3) is 0.417. The summed E-state index contributed by atoms with van der Waals surface area (Å²) in [5.74, 6) is -0.560. The topological polar surface area (TPSA) is 29.5 Å². The second-order valence-corrected chi connectivity index (χ2v) is 4.92. The molecule has 0 N–H and O–H groups in total. The van der Waals surface area contributed by atoms with E-state index in [1.807, 2.05) is 18.0 Å². The van der Waals surface area contributed by atoms with Crippen LogP contribution in [0.4, 0.5) is 4.39 Å². The second-order valence-electron chi connectivity index (χ2n) is 3.82. The summed E-state index contributed by atoms with van der Waals surface area (Å²) in [5.41, 5.74) is 0.872. The van der Waals surface area contributed by atoms with Gasteiger partial charge in [0.1, 0.15) is 10.6 Å². The molecule has 1 unspecified atom stereocenters. The summed E-state index contributed by atoms with van der Waals surface area (Å²) in [6.45, 7) is 1.08. The summed E-state index contributed by atoms with van der Waals surface area (Å²) < 4.78 is 17.6. The van der Waals surface area contributed by atoms with Crippen molar-refractivity contribution in [2.45, 2.75) is 11.4 Å². The number of methoxy groups -OCH3 is 1. The summed E-state index contributed by atoms with van der Waals surface area (Å²) in [5, 5.41) is 0. The third-order valence-electron chi connectivity index (χ3n) is 2.27. The number of rotatable bonds is 5. The Balaban J connectivity index is 2.49. The molecule has 0 saturated carbocycles. The fourth-order valence-corrected chi connectivity index (χ4v) is 2.17. The van der Waals surface area contributed by atoms with Gasteiger partial charge in [0.25, 0.3) is 0 Å². The van der Waals surface area contributed by atoms with Crippen LogP contribution in [0.1, 0.15) is 5.56 Å². The zero-order chi connectivity index (χ0) is 12.8. The molecule has 0 fully saturated rings. The van der Waals surface area contributed by atoms with Gasteiger partial charge in [-0.3, -0.25) is 4.79 Å². The van der Waals surface area contributed by atoms with Crippen LogP contribution in [0.5, 0.6) is 0 Å². The van der Waals surface area contributed by atoms with Crippen LogP contribution in [0.15, 0.2) is 24.3 Å². The smallest absolute Gasteiger partial charge is 0.320 e. The van der Waals surface area contributed by atoms with E-state index >= 15 is 0 Å². The standard InChI is InChI=1S/C12H15BrFNO2/c1-15(8-11(13)12(16)17-2)7-9-4-3-5-10(14)6-9/h3-6,11H,7-8H2,1-2H3. The Morgan fingerprint density at radius 1 is 1.59 bits per heavy atom. The molecule has 94 valence electrons. The molecule has 5 heteroatoms. The molecule has 0 spiro atoms. The first-order chi connectivity index (χ1) is 8.02. The average molecular weight is 304 g/mol. The van der Waals surface area contributed by atoms with E-state index in [4.69, 9.17) is 0 Å². The van der Waals surface area contributed by atoms with E-state index in [1.165, 1.54) is 19.2 Å². The van der Waals surface area contributed by atoms with Gasteiger partial charge in [-0.15, -0.1) is 0 Å². The number of carbonyl (C=O) groups is 1. The summed E-state index contributed by atoms with van der Waals surface area (Å²) in [6, 6.07) is 6.41. The molecular weight excluding hydrogens is 289 g/mol. The molecule has 1 atom stereocenters. The number of nitrogens with zero attached hydrogens (tertiary/aromatic N) is 1. The van der Waals surface area contributed by atoms with Gasteiger partial charge >= 0.3 is 5.97 Å². The van der Waals surface area contributed by atoms with E-state index in [0.29, 0.717) is 13.1 Å². The molecular formula is C12H15BrFNO2. The van der Waals surface area contributed by atoms with Gasteiger partial charge in [0.2, 0.25) is 0 Å². The van der Waals surface area contributed by atoms with Crippen LogP contribution in [0, 0.1) is 5.82 Å². The van der Waals surface area contributed by atoms with Gasteiger partial charge < -0.3 is 9.64 Å². The fourth-order valence-electron chi connectivity index (χ4n) is 1.49. The van der Waals surface area contributed by atoms with Gasteiger partial charge in [-0.1, -0.05) is 28.1 Å². The van der Waals surface area contributed by atoms with Crippen molar-refractivity contribution in [3.63, 3.8) is 0 Å². The molecule has 0 heterocycles. The second kappa shape index (κ2) is 6.71. The largest absolute Gasteiger partial charge is 0.468 e. The monoisotopic (exact) mass is 303 g/mol. The predicted octanol–water partition coefficient (Wildman–Crippen LogP) is 2.19. The highest BCUT2D eigenvalue weighted by atomic mass is 79.9. The third-order valence-corrected chi connectivity index (χ3v) is 2.93. The van der Waals surface area contributed by atoms with Crippen molar-refractivity contribution in [1.82, 2.24) is 4.90 Å². The molecule has 1 aromatic carbocycles. The number of carbonyl (C=O) groups excluding carboxylic acids is 1. The van der Waals surface area contributed by atoms with Crippen molar-refractivity contribution < 1.29 is 13.9 Å². The summed E-state index contributed by atoms with van der Waals surface area (Å²) in [7, 11) is 3.21. The molecule has 0 aliphatic rings. The molecule has 0 amide bonds. The molecule has 1 rings (SSSR count). The van der Waals surface area contributed by atoms with Crippen LogP contribution in [-0.4, -0.2) is 36.4 Å². The van der Waals surface area contributed by atoms with Gasteiger partial charge in [0.15, 0.2) is 0 Å². The van der Waals surface area contributed by atoms with E-state index in [2.05, 4.69) is 20.7 Å². The number of alkyl halides is 1. The maximum Gasteiger partial charge on any atom is 0.320 e. The first-order valence-electron chi connectivity index (χ1n) is 5.18. The lowest BCUT2D eigenvalue weighted by Gasteiger charge is -2.19. The Hall–Kier alpha value is -0.940. The van der Waals surface area contributed by atoms with Crippen LogP contribution in [0.2, 0.25) is 0 Å². The van der Waals surface area contributed by atoms with E-state index in [9.17, 15) is 9.18 Å². The Labute approximate surface area is 109 Å². The molecule has 0 aliphatic carbocycles. The lowest BCUT2D eigenvalue weighted by atomic mass is 10.2. The van der Waals surface area contributed by atoms with E-state index < -0.39 is 0 Å². The van der Waals surface area contributed by atoms with Crippen molar-refractivity contribution in [3.05, 3.63) is 35.6 Å². The molecule has 0 aromatic heterocycles. The number of hydrogen-bond donors (Lipinski definition) is 0. The highest BCUT2D eigenvalue weighted by molar-refractivity contribution is 9.10. The zero-order valence-corrected chi connectivity index (χ0v) is 11.4. The SMILES string of the molecule is COC(=O)C(Br)CN(C)Cc1cccc(F)c1. The predicted molar refractivity (Wildman–Crippen MR) is 67.5 cm³/mol. The minimum atomic E-state index is -0.369. The summed E-state index contributed by atoms with van der Waals surface area (Å²) in [4.78, 5) is 12.8. The van der Waals surface area contributed by atoms with Crippen molar-refractivity contribution >= 4 is 21.9 Å². The highest BCUT2D eigenvalue weighted by Gasteiger charge is 2.17. The first kappa shape index (κ1) is 14.1. The van der Waals surface area contributed by atoms with Crippen LogP contribution in [0.25, 0.3) is 0 Å². The van der Waals surface area contributed by atoms with Crippen molar-refractivity contribution in [3.8, 4) is 0 Å². The van der Waals surface area contributed by atoms with E-state index in [-0.39, 0.29) is 16.6 Å². The average Bonchev–Trinajstić information content (AvgIpc) is 2.27. The molecule has 0 aliphatic heterocycles. The van der Waals surface area contributed by atoms with Crippen LogP contribution < -0.4 is 0 Å². The lowest BCUT2D eigenvalue weighted by molar-refractivity contribution is -0.140. The molecule has 3 nitrogen and oxygen atoms in total. The molecule has 0 radical (unpaired) electrons. The number of hydrogen-bond acceptors (Lipinski definition) is 3. The Morgan fingerprint density at radius 3 is 2.88 bits per heavy atom. The molecule has 1 aromatic rings. The van der Waals surface area contributed by atoms with Gasteiger partial charge in [-0.2, -0.15) is 0 Å². The van der Waals surface area contributed by atoms with Crippen LogP contribution in [0.3, 0.4) is 0 Å². The van der Waals surface area contributed by atoms with Crippen molar-refractivity contribution in [1.29, 1.82) is 0 Å². The number of ether oxygens (including phenoxy) is 1. The van der Waals surface area contributed by atoms with E-state index in [1.54, 1.807) is 6.07 Å². The van der Waals surface area contributed by atoms with Gasteiger partial charge in [-0.25, -0.2) is 4.39 Å². The van der Waals surface area contributed by atoms with Crippen LogP contribution in [-0.2, 0) is 16.1 Å². The number of esters is 1. The minimum Gasteiger partial charge on any atom is -0.468 e. The van der Waals surface area contributed by atoms with Gasteiger partial charge in [0.05, 0.1) is 7.11 Å². The number of benzene rings is 1. The molecule has 17 heavy (non-hydrogen) atoms. The quantitative estimate of drug-likeness (QED) is 0.617. The highest BCUT2D eigenvalue weighted by Crippen LogP contribution is 2.09. The van der Waals surface area contributed by atoms with Crippen molar-refractivity contribution in [2.24, 2.45) is 0 Å². The maximum atomic E-state index is 13.0. The first-order valence-corrected chi connectivity index (χ1v) is 6.09. The van der Waals surface area contributed by atoms with E-state index in [0.717, 1.165) is 5.56 Å².